The van der Waals surface area contributed by atoms with Gasteiger partial charge in [-0.2, -0.15) is 0 Å². The van der Waals surface area contributed by atoms with Crippen molar-refractivity contribution in [3.05, 3.63) is 29.8 Å². The molecule has 1 aromatic rings. The third-order valence-corrected chi connectivity index (χ3v) is 4.46. The number of rotatable bonds is 3. The Morgan fingerprint density at radius 3 is 2.80 bits per heavy atom. The maximum atomic E-state index is 10.6. The Labute approximate surface area is 120 Å². The topological polar surface area (TPSA) is 41.9 Å². The fourth-order valence-electron chi connectivity index (χ4n) is 3.17. The Morgan fingerprint density at radius 1 is 1.25 bits per heavy atom. The smallest absolute Gasteiger partial charge is 0.125 e. The van der Waals surface area contributed by atoms with Crippen LogP contribution in [-0.4, -0.2) is 49.5 Å². The molecular formula is C16H23NO3. The maximum Gasteiger partial charge on any atom is 0.125 e. The molecule has 3 rings (SSSR count). The molecule has 0 saturated carbocycles. The van der Waals surface area contributed by atoms with Crippen LogP contribution in [0.25, 0.3) is 0 Å². The summed E-state index contributed by atoms with van der Waals surface area (Å²) in [7, 11) is 2.08. The third-order valence-electron chi connectivity index (χ3n) is 4.46. The molecule has 4 heteroatoms. The number of aliphatic hydroxyl groups is 1. The summed E-state index contributed by atoms with van der Waals surface area (Å²) in [4.78, 5) is 2.25. The van der Waals surface area contributed by atoms with E-state index in [9.17, 15) is 5.11 Å². The van der Waals surface area contributed by atoms with Gasteiger partial charge < -0.3 is 14.6 Å². The fourth-order valence-corrected chi connectivity index (χ4v) is 3.17. The van der Waals surface area contributed by atoms with Crippen LogP contribution >= 0.6 is 0 Å². The molecule has 2 atom stereocenters. The highest BCUT2D eigenvalue weighted by Gasteiger charge is 2.32. The van der Waals surface area contributed by atoms with Crippen molar-refractivity contribution in [1.29, 1.82) is 0 Å². The molecule has 0 spiro atoms. The Hall–Kier alpha value is -1.10. The molecule has 0 amide bonds. The zero-order valence-electron chi connectivity index (χ0n) is 12.0. The van der Waals surface area contributed by atoms with Crippen molar-refractivity contribution >= 4 is 0 Å². The fraction of sp³-hybridized carbons (Fsp3) is 0.625. The zero-order chi connectivity index (χ0) is 13.9. The highest BCUT2D eigenvalue weighted by molar-refractivity contribution is 5.37. The van der Waals surface area contributed by atoms with Gasteiger partial charge in [-0.1, -0.05) is 18.2 Å². The van der Waals surface area contributed by atoms with Gasteiger partial charge in [-0.15, -0.1) is 0 Å². The molecule has 1 aromatic carbocycles. The van der Waals surface area contributed by atoms with Crippen molar-refractivity contribution < 1.29 is 14.6 Å². The van der Waals surface area contributed by atoms with Gasteiger partial charge in [0.1, 0.15) is 18.5 Å². The van der Waals surface area contributed by atoms with E-state index in [2.05, 4.69) is 11.9 Å². The molecule has 0 aromatic heterocycles. The summed E-state index contributed by atoms with van der Waals surface area (Å²) < 4.78 is 11.2. The number of ether oxygens (including phenoxy) is 2. The van der Waals surface area contributed by atoms with E-state index in [4.69, 9.17) is 9.47 Å². The van der Waals surface area contributed by atoms with Gasteiger partial charge in [0.2, 0.25) is 0 Å². The average molecular weight is 277 g/mol. The highest BCUT2D eigenvalue weighted by atomic mass is 16.5. The van der Waals surface area contributed by atoms with E-state index in [1.807, 2.05) is 24.3 Å². The van der Waals surface area contributed by atoms with Crippen LogP contribution in [-0.2, 0) is 4.74 Å². The second kappa shape index (κ2) is 6.12. The first kappa shape index (κ1) is 13.9. The average Bonchev–Trinajstić information content (AvgIpc) is 2.49. The van der Waals surface area contributed by atoms with Crippen molar-refractivity contribution in [2.24, 2.45) is 5.92 Å². The van der Waals surface area contributed by atoms with Gasteiger partial charge in [0, 0.05) is 25.3 Å². The minimum atomic E-state index is -0.468. The second-order valence-electron chi connectivity index (χ2n) is 5.86. The number of benzene rings is 1. The lowest BCUT2D eigenvalue weighted by molar-refractivity contribution is -0.00422. The van der Waals surface area contributed by atoms with E-state index in [0.717, 1.165) is 43.9 Å². The summed E-state index contributed by atoms with van der Waals surface area (Å²) in [6.45, 7) is 3.28. The number of para-hydroxylation sites is 1. The summed E-state index contributed by atoms with van der Waals surface area (Å²) >= 11 is 0. The summed E-state index contributed by atoms with van der Waals surface area (Å²) in [5, 5.41) is 10.6. The standard InChI is InChI=1S/C16H23NO3/c1-17(10-12-6-8-19-9-7-12)14-11-20-15-5-3-2-4-13(15)16(14)18/h2-5,12,14,16,18H,6-11H2,1H3. The first-order valence-electron chi connectivity index (χ1n) is 7.43. The van der Waals surface area contributed by atoms with Crippen molar-refractivity contribution in [3.63, 3.8) is 0 Å². The Bertz CT molecular complexity index is 445. The second-order valence-corrected chi connectivity index (χ2v) is 5.86. The SMILES string of the molecule is CN(CC1CCOCC1)C1COc2ccccc2C1O. The molecule has 2 unspecified atom stereocenters. The quantitative estimate of drug-likeness (QED) is 0.915. The number of aliphatic hydroxyl groups excluding tert-OH is 1. The predicted octanol–water partition coefficient (Wildman–Crippen LogP) is 1.84. The van der Waals surface area contributed by atoms with Gasteiger partial charge in [-0.3, -0.25) is 4.90 Å². The molecular weight excluding hydrogens is 254 g/mol. The van der Waals surface area contributed by atoms with Crippen molar-refractivity contribution in [3.8, 4) is 5.75 Å². The number of hydrogen-bond donors (Lipinski definition) is 1. The number of likely N-dealkylation sites (N-methyl/N-ethyl adjacent to an activating group) is 1. The monoisotopic (exact) mass is 277 g/mol. The van der Waals surface area contributed by atoms with Crippen LogP contribution in [0.3, 0.4) is 0 Å². The minimum absolute atomic E-state index is 0.0349. The van der Waals surface area contributed by atoms with Crippen molar-refractivity contribution in [2.45, 2.75) is 25.0 Å². The summed E-state index contributed by atoms with van der Waals surface area (Å²) in [5.74, 6) is 1.48. The van der Waals surface area contributed by atoms with Crippen LogP contribution in [0.1, 0.15) is 24.5 Å². The van der Waals surface area contributed by atoms with E-state index >= 15 is 0 Å². The van der Waals surface area contributed by atoms with Crippen LogP contribution in [0, 0.1) is 5.92 Å². The lowest BCUT2D eigenvalue weighted by Gasteiger charge is -2.38. The molecule has 0 aliphatic carbocycles. The van der Waals surface area contributed by atoms with Crippen LogP contribution in [0.4, 0.5) is 0 Å². The molecule has 4 nitrogen and oxygen atoms in total. The molecule has 2 aliphatic rings. The number of fused-ring (bicyclic) bond motifs is 1. The van der Waals surface area contributed by atoms with E-state index in [-0.39, 0.29) is 6.04 Å². The number of nitrogens with zero attached hydrogens (tertiary/aromatic N) is 1. The van der Waals surface area contributed by atoms with E-state index < -0.39 is 6.10 Å². The van der Waals surface area contributed by atoms with Crippen LogP contribution in [0.2, 0.25) is 0 Å². The van der Waals surface area contributed by atoms with Crippen LogP contribution in [0.5, 0.6) is 5.75 Å². The van der Waals surface area contributed by atoms with Crippen LogP contribution < -0.4 is 4.74 Å². The Kier molecular flexibility index (Phi) is 4.24. The lowest BCUT2D eigenvalue weighted by atomic mass is 9.95. The lowest BCUT2D eigenvalue weighted by Crippen LogP contribution is -2.46. The third kappa shape index (κ3) is 2.82. The summed E-state index contributed by atoms with van der Waals surface area (Å²) in [6.07, 6.45) is 1.76. The molecule has 0 radical (unpaired) electrons. The van der Waals surface area contributed by atoms with Gasteiger partial charge in [0.15, 0.2) is 0 Å². The highest BCUT2D eigenvalue weighted by Crippen LogP contribution is 2.34. The predicted molar refractivity (Wildman–Crippen MR) is 76.9 cm³/mol. The Balaban J connectivity index is 1.65. The first-order valence-corrected chi connectivity index (χ1v) is 7.43. The van der Waals surface area contributed by atoms with E-state index in [1.54, 1.807) is 0 Å². The van der Waals surface area contributed by atoms with Gasteiger partial charge in [0.05, 0.1) is 6.04 Å². The molecule has 1 fully saturated rings. The van der Waals surface area contributed by atoms with E-state index in [0.29, 0.717) is 12.5 Å². The zero-order valence-corrected chi connectivity index (χ0v) is 12.0. The summed E-state index contributed by atoms with van der Waals surface area (Å²) in [5.41, 5.74) is 0.905. The molecule has 1 N–H and O–H groups in total. The summed E-state index contributed by atoms with van der Waals surface area (Å²) in [6, 6.07) is 7.80. The van der Waals surface area contributed by atoms with Crippen molar-refractivity contribution in [1.82, 2.24) is 4.90 Å². The molecule has 2 heterocycles. The first-order chi connectivity index (χ1) is 9.75. The van der Waals surface area contributed by atoms with E-state index in [1.165, 1.54) is 0 Å². The van der Waals surface area contributed by atoms with Gasteiger partial charge in [0.25, 0.3) is 0 Å². The normalized spacial score (nSPS) is 27.1. The van der Waals surface area contributed by atoms with Gasteiger partial charge in [-0.05, 0) is 31.9 Å². The van der Waals surface area contributed by atoms with Gasteiger partial charge >= 0.3 is 0 Å². The largest absolute Gasteiger partial charge is 0.491 e. The molecule has 1 saturated heterocycles. The van der Waals surface area contributed by atoms with Crippen molar-refractivity contribution in [2.75, 3.05) is 33.4 Å². The maximum absolute atomic E-state index is 10.6. The molecule has 2 aliphatic heterocycles. The molecule has 20 heavy (non-hydrogen) atoms. The van der Waals surface area contributed by atoms with Gasteiger partial charge in [-0.25, -0.2) is 0 Å². The Morgan fingerprint density at radius 2 is 2.00 bits per heavy atom. The minimum Gasteiger partial charge on any atom is -0.491 e. The molecule has 0 bridgehead atoms. The van der Waals surface area contributed by atoms with Crippen LogP contribution in [0.15, 0.2) is 24.3 Å². The molecule has 110 valence electrons. The number of hydrogen-bond acceptors (Lipinski definition) is 4.